The van der Waals surface area contributed by atoms with Crippen molar-refractivity contribution < 1.29 is 19.0 Å². The Balaban J connectivity index is 1.91. The highest BCUT2D eigenvalue weighted by molar-refractivity contribution is 14.1. The summed E-state index contributed by atoms with van der Waals surface area (Å²) >= 11 is 2.20. The van der Waals surface area contributed by atoms with E-state index in [1.807, 2.05) is 43.3 Å². The lowest BCUT2D eigenvalue weighted by atomic mass is 10.1. The van der Waals surface area contributed by atoms with Crippen LogP contribution >= 0.6 is 22.6 Å². The Morgan fingerprint density at radius 3 is 2.57 bits per heavy atom. The lowest BCUT2D eigenvalue weighted by Crippen LogP contribution is -2.07. The summed E-state index contributed by atoms with van der Waals surface area (Å²) in [7, 11) is 1.60. The summed E-state index contributed by atoms with van der Waals surface area (Å²) in [5.41, 5.74) is 2.95. The third-order valence-electron chi connectivity index (χ3n) is 4.04. The summed E-state index contributed by atoms with van der Waals surface area (Å²) in [6.45, 7) is 6.78. The first-order valence-corrected chi connectivity index (χ1v) is 10.0. The number of benzene rings is 2. The molecule has 0 aliphatic carbocycles. The standard InChI is InChI=1S/C22H22INO4/c1-13(2)12-27-20-17(23)9-15(11-19(20)26-4)10-18-22(25)28-21(24-18)16-7-5-14(3)6-8-16/h5-11,13H,12H2,1-4H3/b18-10-. The summed E-state index contributed by atoms with van der Waals surface area (Å²) in [6, 6.07) is 11.4. The molecule has 0 bridgehead atoms. The molecule has 0 unspecified atom stereocenters. The first-order valence-electron chi connectivity index (χ1n) is 8.97. The molecule has 1 heterocycles. The van der Waals surface area contributed by atoms with Crippen LogP contribution in [0.25, 0.3) is 6.08 Å². The van der Waals surface area contributed by atoms with E-state index in [1.165, 1.54) is 0 Å². The SMILES string of the molecule is COc1cc(/C=C2\N=C(c3ccc(C)cc3)OC2=O)cc(I)c1OCC(C)C. The van der Waals surface area contributed by atoms with Crippen LogP contribution in [0, 0.1) is 16.4 Å². The number of esters is 1. The highest BCUT2D eigenvalue weighted by Crippen LogP contribution is 2.35. The number of hydrogen-bond acceptors (Lipinski definition) is 5. The first kappa shape index (κ1) is 20.4. The summed E-state index contributed by atoms with van der Waals surface area (Å²) < 4.78 is 17.6. The van der Waals surface area contributed by atoms with Gasteiger partial charge in [0.25, 0.3) is 0 Å². The average molecular weight is 491 g/mol. The van der Waals surface area contributed by atoms with Crippen LogP contribution in [0.5, 0.6) is 11.5 Å². The zero-order valence-electron chi connectivity index (χ0n) is 16.3. The maximum atomic E-state index is 12.3. The van der Waals surface area contributed by atoms with E-state index in [4.69, 9.17) is 14.2 Å². The molecular formula is C22H22INO4. The van der Waals surface area contributed by atoms with Crippen LogP contribution in [-0.2, 0) is 9.53 Å². The predicted molar refractivity (Wildman–Crippen MR) is 118 cm³/mol. The number of ether oxygens (including phenoxy) is 3. The van der Waals surface area contributed by atoms with Crippen molar-refractivity contribution in [3.63, 3.8) is 0 Å². The van der Waals surface area contributed by atoms with Crippen molar-refractivity contribution in [3.05, 3.63) is 62.4 Å². The molecule has 0 fully saturated rings. The van der Waals surface area contributed by atoms with E-state index in [2.05, 4.69) is 41.4 Å². The minimum Gasteiger partial charge on any atom is -0.493 e. The molecule has 146 valence electrons. The number of carbonyl (C=O) groups is 1. The van der Waals surface area contributed by atoms with Gasteiger partial charge in [0.05, 0.1) is 17.3 Å². The number of aliphatic imine (C=N–C) groups is 1. The number of cyclic esters (lactones) is 1. The van der Waals surface area contributed by atoms with E-state index in [0.29, 0.717) is 29.9 Å². The lowest BCUT2D eigenvalue weighted by Gasteiger charge is -2.15. The van der Waals surface area contributed by atoms with Crippen molar-refractivity contribution >= 4 is 40.5 Å². The Morgan fingerprint density at radius 2 is 1.93 bits per heavy atom. The number of rotatable bonds is 6. The highest BCUT2D eigenvalue weighted by atomic mass is 127. The third-order valence-corrected chi connectivity index (χ3v) is 4.84. The molecule has 28 heavy (non-hydrogen) atoms. The topological polar surface area (TPSA) is 57.1 Å². The molecule has 0 atom stereocenters. The van der Waals surface area contributed by atoms with Crippen LogP contribution < -0.4 is 9.47 Å². The van der Waals surface area contributed by atoms with E-state index in [0.717, 1.165) is 20.3 Å². The lowest BCUT2D eigenvalue weighted by molar-refractivity contribution is -0.129. The minimum absolute atomic E-state index is 0.254. The van der Waals surface area contributed by atoms with Gasteiger partial charge in [-0.2, -0.15) is 0 Å². The van der Waals surface area contributed by atoms with Gasteiger partial charge in [0.1, 0.15) is 0 Å². The van der Waals surface area contributed by atoms with Crippen molar-refractivity contribution in [2.45, 2.75) is 20.8 Å². The molecule has 1 aliphatic heterocycles. The molecule has 0 spiro atoms. The van der Waals surface area contributed by atoms with Crippen molar-refractivity contribution in [2.75, 3.05) is 13.7 Å². The summed E-state index contributed by atoms with van der Waals surface area (Å²) in [6.07, 6.45) is 1.69. The zero-order valence-corrected chi connectivity index (χ0v) is 18.4. The Morgan fingerprint density at radius 1 is 1.21 bits per heavy atom. The monoisotopic (exact) mass is 491 g/mol. The van der Waals surface area contributed by atoms with Gasteiger partial charge in [-0.05, 0) is 71.3 Å². The molecule has 6 heteroatoms. The second-order valence-corrected chi connectivity index (χ2v) is 8.10. The first-order chi connectivity index (χ1) is 13.4. The molecule has 0 amide bonds. The molecule has 2 aromatic rings. The summed E-state index contributed by atoms with van der Waals surface area (Å²) in [4.78, 5) is 16.6. The van der Waals surface area contributed by atoms with Gasteiger partial charge in [0.2, 0.25) is 5.90 Å². The van der Waals surface area contributed by atoms with Gasteiger partial charge in [0.15, 0.2) is 17.2 Å². The van der Waals surface area contributed by atoms with Gasteiger partial charge in [-0.1, -0.05) is 31.5 Å². The van der Waals surface area contributed by atoms with Gasteiger partial charge in [-0.15, -0.1) is 0 Å². The van der Waals surface area contributed by atoms with Crippen LogP contribution in [0.15, 0.2) is 47.1 Å². The van der Waals surface area contributed by atoms with Crippen molar-refractivity contribution in [3.8, 4) is 11.5 Å². The molecular weight excluding hydrogens is 469 g/mol. The molecule has 0 saturated heterocycles. The second-order valence-electron chi connectivity index (χ2n) is 6.94. The van der Waals surface area contributed by atoms with E-state index in [9.17, 15) is 4.79 Å². The number of nitrogens with zero attached hydrogens (tertiary/aromatic N) is 1. The zero-order chi connectivity index (χ0) is 20.3. The van der Waals surface area contributed by atoms with Gasteiger partial charge in [0, 0.05) is 5.56 Å². The molecule has 5 nitrogen and oxygen atoms in total. The van der Waals surface area contributed by atoms with Crippen molar-refractivity contribution in [2.24, 2.45) is 10.9 Å². The van der Waals surface area contributed by atoms with E-state index < -0.39 is 5.97 Å². The van der Waals surface area contributed by atoms with Crippen LogP contribution in [0.4, 0.5) is 0 Å². The normalized spacial score (nSPS) is 15.0. The Bertz CT molecular complexity index is 946. The van der Waals surface area contributed by atoms with Crippen LogP contribution in [0.1, 0.15) is 30.5 Å². The number of hydrogen-bond donors (Lipinski definition) is 0. The van der Waals surface area contributed by atoms with Gasteiger partial charge >= 0.3 is 5.97 Å². The van der Waals surface area contributed by atoms with E-state index >= 15 is 0 Å². The Labute approximate surface area is 178 Å². The fourth-order valence-corrected chi connectivity index (χ4v) is 3.38. The Hall–Kier alpha value is -2.35. The van der Waals surface area contributed by atoms with E-state index in [1.54, 1.807) is 13.2 Å². The van der Waals surface area contributed by atoms with E-state index in [-0.39, 0.29) is 5.70 Å². The maximum Gasteiger partial charge on any atom is 0.363 e. The highest BCUT2D eigenvalue weighted by Gasteiger charge is 2.24. The molecule has 0 radical (unpaired) electrons. The van der Waals surface area contributed by atoms with Gasteiger partial charge < -0.3 is 14.2 Å². The molecule has 0 saturated carbocycles. The summed E-state index contributed by atoms with van der Waals surface area (Å²) in [5.74, 6) is 1.58. The molecule has 3 rings (SSSR count). The minimum atomic E-state index is -0.468. The molecule has 2 aromatic carbocycles. The fraction of sp³-hybridized carbons (Fsp3) is 0.273. The van der Waals surface area contributed by atoms with Crippen molar-refractivity contribution in [1.29, 1.82) is 0 Å². The largest absolute Gasteiger partial charge is 0.493 e. The van der Waals surface area contributed by atoms with Crippen LogP contribution in [0.3, 0.4) is 0 Å². The smallest absolute Gasteiger partial charge is 0.363 e. The summed E-state index contributed by atoms with van der Waals surface area (Å²) in [5, 5.41) is 0. The fourth-order valence-electron chi connectivity index (χ4n) is 2.60. The number of methoxy groups -OCH3 is 1. The molecule has 0 N–H and O–H groups in total. The maximum absolute atomic E-state index is 12.3. The van der Waals surface area contributed by atoms with Gasteiger partial charge in [-0.3, -0.25) is 0 Å². The van der Waals surface area contributed by atoms with Crippen molar-refractivity contribution in [1.82, 2.24) is 0 Å². The Kier molecular flexibility index (Phi) is 6.39. The second kappa shape index (κ2) is 8.77. The average Bonchev–Trinajstić information content (AvgIpc) is 3.01. The van der Waals surface area contributed by atoms with Gasteiger partial charge in [-0.25, -0.2) is 9.79 Å². The third kappa shape index (κ3) is 4.73. The number of halogens is 1. The van der Waals surface area contributed by atoms with Crippen LogP contribution in [0.2, 0.25) is 0 Å². The number of carbonyl (C=O) groups excluding carboxylic acids is 1. The predicted octanol–water partition coefficient (Wildman–Crippen LogP) is 4.99. The molecule has 1 aliphatic rings. The quantitative estimate of drug-likeness (QED) is 0.325. The molecule has 0 aromatic heterocycles. The van der Waals surface area contributed by atoms with Crippen LogP contribution in [-0.4, -0.2) is 25.6 Å². The number of aryl methyl sites for hydroxylation is 1.